The van der Waals surface area contributed by atoms with E-state index in [1.807, 2.05) is 17.8 Å². The molecule has 1 amide bonds. The third-order valence-corrected chi connectivity index (χ3v) is 6.20. The molecule has 4 heterocycles. The number of fused-ring (bicyclic) bond motifs is 6. The first-order valence-corrected chi connectivity index (χ1v) is 10.7. The summed E-state index contributed by atoms with van der Waals surface area (Å²) < 4.78 is 3.48. The van der Waals surface area contributed by atoms with Gasteiger partial charge in [0, 0.05) is 43.8 Å². The van der Waals surface area contributed by atoms with E-state index in [2.05, 4.69) is 22.0 Å². The van der Waals surface area contributed by atoms with Gasteiger partial charge in [0.25, 0.3) is 5.82 Å². The van der Waals surface area contributed by atoms with E-state index < -0.39 is 0 Å². The number of rotatable bonds is 0. The standard InChI is InChI=1S/C23H24N8O/c1-13-9-16-22-20(13)15-11-31(27-14(15)2)8-6-7-19(32)29(4)12-18-21(17(26-22)10-25-16)23(24-3)30(5)28-18/h10-11H,6-9,12H2,1-2,4-5H3. The zero-order chi connectivity index (χ0) is 22.6. The first kappa shape index (κ1) is 20.1. The molecular weight excluding hydrogens is 404 g/mol. The van der Waals surface area contributed by atoms with Gasteiger partial charge in [-0.25, -0.2) is 9.67 Å². The van der Waals surface area contributed by atoms with Crippen LogP contribution in [0.2, 0.25) is 0 Å². The van der Waals surface area contributed by atoms with Crippen LogP contribution in [0.15, 0.2) is 18.0 Å². The Balaban J connectivity index is 1.75. The molecule has 32 heavy (non-hydrogen) atoms. The van der Waals surface area contributed by atoms with Gasteiger partial charge in [-0.1, -0.05) is 12.1 Å². The van der Waals surface area contributed by atoms with Crippen LogP contribution in [0.1, 0.15) is 48.1 Å². The number of hydrogen-bond donors (Lipinski definition) is 0. The Morgan fingerprint density at radius 1 is 1.16 bits per heavy atom. The Morgan fingerprint density at radius 2 is 1.97 bits per heavy atom. The topological polar surface area (TPSA) is 86.1 Å². The molecule has 1 aliphatic heterocycles. The van der Waals surface area contributed by atoms with Crippen LogP contribution >= 0.6 is 0 Å². The molecule has 5 rings (SSSR count). The smallest absolute Gasteiger partial charge is 0.261 e. The molecule has 3 aromatic heterocycles. The van der Waals surface area contributed by atoms with E-state index in [0.717, 1.165) is 34.6 Å². The molecule has 0 radical (unpaired) electrons. The van der Waals surface area contributed by atoms with Crippen molar-refractivity contribution in [2.45, 2.75) is 46.2 Å². The Hall–Kier alpha value is -3.80. The monoisotopic (exact) mass is 428 g/mol. The number of aromatic nitrogens is 6. The van der Waals surface area contributed by atoms with E-state index >= 15 is 0 Å². The molecule has 0 fully saturated rings. The lowest BCUT2D eigenvalue weighted by Crippen LogP contribution is -2.26. The van der Waals surface area contributed by atoms with E-state index in [1.165, 1.54) is 5.57 Å². The molecular formula is C23H24N8O. The molecule has 4 bridgehead atoms. The fourth-order valence-corrected chi connectivity index (χ4v) is 4.61. The first-order valence-electron chi connectivity index (χ1n) is 10.7. The average molecular weight is 429 g/mol. The summed E-state index contributed by atoms with van der Waals surface area (Å²) in [5.74, 6) is 0.424. The summed E-state index contributed by atoms with van der Waals surface area (Å²) in [6.07, 6.45) is 5.63. The number of amides is 1. The Kier molecular flexibility index (Phi) is 4.66. The minimum atomic E-state index is 0.0320. The highest BCUT2D eigenvalue weighted by molar-refractivity contribution is 5.87. The van der Waals surface area contributed by atoms with Gasteiger partial charge in [0.15, 0.2) is 0 Å². The highest BCUT2D eigenvalue weighted by atomic mass is 16.2. The number of aryl methyl sites for hydroxylation is 3. The van der Waals surface area contributed by atoms with Crippen LogP contribution in [0, 0.1) is 13.5 Å². The molecule has 2 aliphatic rings. The van der Waals surface area contributed by atoms with Gasteiger partial charge in [0.1, 0.15) is 5.69 Å². The minimum absolute atomic E-state index is 0.0320. The SMILES string of the molecule is [C-]#[N+]c1c2c(nn1C)CN(C)C(=O)CCCn1cc(c(C)n1)C1=C(C)Cc3ncc-2nc31. The number of carbonyl (C=O) groups excluding carboxylic acids is 1. The number of nitrogens with zero attached hydrogens (tertiary/aromatic N) is 8. The highest BCUT2D eigenvalue weighted by Gasteiger charge is 2.29. The highest BCUT2D eigenvalue weighted by Crippen LogP contribution is 2.39. The second-order valence-electron chi connectivity index (χ2n) is 8.51. The summed E-state index contributed by atoms with van der Waals surface area (Å²) in [4.78, 5) is 27.8. The molecule has 1 aliphatic carbocycles. The van der Waals surface area contributed by atoms with Crippen molar-refractivity contribution in [3.05, 3.63) is 57.7 Å². The van der Waals surface area contributed by atoms with Crippen molar-refractivity contribution < 1.29 is 4.79 Å². The van der Waals surface area contributed by atoms with E-state index in [4.69, 9.17) is 16.5 Å². The summed E-state index contributed by atoms with van der Waals surface area (Å²) in [6.45, 7) is 12.8. The molecule has 0 atom stereocenters. The second-order valence-corrected chi connectivity index (χ2v) is 8.51. The number of carbonyl (C=O) groups is 1. The summed E-state index contributed by atoms with van der Waals surface area (Å²) in [5.41, 5.74) is 7.91. The van der Waals surface area contributed by atoms with Gasteiger partial charge in [-0.15, -0.1) is 5.10 Å². The molecule has 0 saturated carbocycles. The van der Waals surface area contributed by atoms with Gasteiger partial charge >= 0.3 is 0 Å². The Bertz CT molecular complexity index is 1340. The fourth-order valence-electron chi connectivity index (χ4n) is 4.61. The lowest BCUT2D eigenvalue weighted by Gasteiger charge is -2.16. The molecule has 0 unspecified atom stereocenters. The molecule has 162 valence electrons. The molecule has 9 nitrogen and oxygen atoms in total. The predicted octanol–water partition coefficient (Wildman–Crippen LogP) is 3.06. The predicted molar refractivity (Wildman–Crippen MR) is 119 cm³/mol. The Labute approximate surface area is 186 Å². The van der Waals surface area contributed by atoms with Gasteiger partial charge in [0.2, 0.25) is 5.91 Å². The van der Waals surface area contributed by atoms with Crippen molar-refractivity contribution >= 4 is 17.3 Å². The van der Waals surface area contributed by atoms with Crippen LogP contribution in [-0.4, -0.2) is 47.4 Å². The number of hydrogen-bond acceptors (Lipinski definition) is 5. The molecule has 0 aromatic carbocycles. The lowest BCUT2D eigenvalue weighted by molar-refractivity contribution is -0.130. The average Bonchev–Trinajstić information content (AvgIpc) is 3.38. The molecule has 0 spiro atoms. The fraction of sp³-hybridized carbons (Fsp3) is 0.391. The van der Waals surface area contributed by atoms with Crippen LogP contribution in [0.5, 0.6) is 0 Å². The van der Waals surface area contributed by atoms with Crippen LogP contribution in [0.25, 0.3) is 21.7 Å². The summed E-state index contributed by atoms with van der Waals surface area (Å²) in [5, 5.41) is 9.25. The summed E-state index contributed by atoms with van der Waals surface area (Å²) >= 11 is 0. The lowest BCUT2D eigenvalue weighted by atomic mass is 10.0. The van der Waals surface area contributed by atoms with Crippen molar-refractivity contribution in [3.63, 3.8) is 0 Å². The van der Waals surface area contributed by atoms with Crippen LogP contribution in [0.3, 0.4) is 0 Å². The minimum Gasteiger partial charge on any atom is -0.362 e. The van der Waals surface area contributed by atoms with E-state index in [9.17, 15) is 4.79 Å². The molecule has 0 N–H and O–H groups in total. The van der Waals surface area contributed by atoms with Crippen LogP contribution in [-0.2, 0) is 31.4 Å². The van der Waals surface area contributed by atoms with Gasteiger partial charge in [-0.05, 0) is 20.3 Å². The van der Waals surface area contributed by atoms with Gasteiger partial charge < -0.3 is 9.74 Å². The first-order chi connectivity index (χ1) is 15.4. The van der Waals surface area contributed by atoms with Gasteiger partial charge in [0.05, 0.1) is 48.1 Å². The van der Waals surface area contributed by atoms with Gasteiger partial charge in [-0.3, -0.25) is 14.5 Å². The van der Waals surface area contributed by atoms with Crippen molar-refractivity contribution in [1.29, 1.82) is 0 Å². The van der Waals surface area contributed by atoms with E-state index in [-0.39, 0.29) is 5.91 Å². The van der Waals surface area contributed by atoms with Crippen molar-refractivity contribution in [1.82, 2.24) is 34.4 Å². The molecule has 3 aromatic rings. The van der Waals surface area contributed by atoms with Crippen molar-refractivity contribution in [2.24, 2.45) is 7.05 Å². The van der Waals surface area contributed by atoms with Gasteiger partial charge in [-0.2, -0.15) is 5.10 Å². The largest absolute Gasteiger partial charge is 0.362 e. The summed E-state index contributed by atoms with van der Waals surface area (Å²) in [7, 11) is 3.51. The zero-order valence-electron chi connectivity index (χ0n) is 18.7. The van der Waals surface area contributed by atoms with E-state index in [0.29, 0.717) is 48.7 Å². The second kappa shape index (κ2) is 7.41. The van der Waals surface area contributed by atoms with Crippen molar-refractivity contribution in [2.75, 3.05) is 7.05 Å². The van der Waals surface area contributed by atoms with Crippen LogP contribution < -0.4 is 0 Å². The van der Waals surface area contributed by atoms with Crippen LogP contribution in [0.4, 0.5) is 5.82 Å². The number of allylic oxidation sites excluding steroid dienone is 1. The Morgan fingerprint density at radius 3 is 2.75 bits per heavy atom. The molecule has 0 saturated heterocycles. The van der Waals surface area contributed by atoms with Crippen molar-refractivity contribution in [3.8, 4) is 11.3 Å². The van der Waals surface area contributed by atoms with E-state index in [1.54, 1.807) is 29.9 Å². The quantitative estimate of drug-likeness (QED) is 0.514. The third-order valence-electron chi connectivity index (χ3n) is 6.20. The zero-order valence-corrected chi connectivity index (χ0v) is 18.7. The maximum absolute atomic E-state index is 12.7. The maximum Gasteiger partial charge on any atom is 0.261 e. The normalized spacial score (nSPS) is 16.0. The molecule has 9 heteroatoms. The maximum atomic E-state index is 12.7. The third kappa shape index (κ3) is 3.11. The summed E-state index contributed by atoms with van der Waals surface area (Å²) in [6, 6.07) is 0.